The van der Waals surface area contributed by atoms with E-state index < -0.39 is 0 Å². The molecule has 0 aliphatic carbocycles. The second kappa shape index (κ2) is 5.30. The Morgan fingerprint density at radius 1 is 1.62 bits per heavy atom. The number of pyridine rings is 1. The normalized spacial score (nSPS) is 11.0. The summed E-state index contributed by atoms with van der Waals surface area (Å²) in [7, 11) is 1.52. The third-order valence-corrected chi connectivity index (χ3v) is 3.44. The van der Waals surface area contributed by atoms with Crippen LogP contribution < -0.4 is 10.1 Å². The molecule has 1 N–H and O–H groups in total. The Labute approximate surface area is 104 Å². The molecular weight excluding hydrogens is 272 g/mol. The molecule has 5 heteroatoms. The molecule has 1 aromatic rings. The maximum Gasteiger partial charge on any atom is 0.255 e. The van der Waals surface area contributed by atoms with Crippen molar-refractivity contribution in [1.82, 2.24) is 10.3 Å². The summed E-state index contributed by atoms with van der Waals surface area (Å²) >= 11 is 3.35. The van der Waals surface area contributed by atoms with E-state index in [0.29, 0.717) is 16.6 Å². The van der Waals surface area contributed by atoms with Crippen LogP contribution >= 0.6 is 15.9 Å². The molecule has 1 heterocycles. The Kier molecular flexibility index (Phi) is 4.29. The number of carbonyl (C=O) groups excluding carboxylic acids is 1. The predicted octanol–water partition coefficient (Wildman–Crippen LogP) is 1.99. The van der Waals surface area contributed by atoms with Gasteiger partial charge >= 0.3 is 0 Å². The number of hydrogen-bond donors (Lipinski definition) is 1. The van der Waals surface area contributed by atoms with Gasteiger partial charge in [0.2, 0.25) is 0 Å². The molecule has 0 spiro atoms. The average molecular weight is 287 g/mol. The van der Waals surface area contributed by atoms with Gasteiger partial charge in [-0.1, -0.05) is 15.9 Å². The number of ether oxygens (including phenoxy) is 1. The number of hydrogen-bond acceptors (Lipinski definition) is 3. The first-order valence-corrected chi connectivity index (χ1v) is 5.99. The molecule has 0 aliphatic rings. The van der Waals surface area contributed by atoms with Crippen molar-refractivity contribution in [3.05, 3.63) is 24.0 Å². The first-order chi connectivity index (χ1) is 7.50. The quantitative estimate of drug-likeness (QED) is 0.862. The molecule has 4 nitrogen and oxygen atoms in total. The van der Waals surface area contributed by atoms with Gasteiger partial charge in [0.1, 0.15) is 5.75 Å². The second-order valence-electron chi connectivity index (χ2n) is 4.05. The van der Waals surface area contributed by atoms with Gasteiger partial charge in [-0.2, -0.15) is 0 Å². The summed E-state index contributed by atoms with van der Waals surface area (Å²) in [5, 5.41) is 3.58. The number of amides is 1. The van der Waals surface area contributed by atoms with Crippen molar-refractivity contribution in [2.24, 2.45) is 0 Å². The standard InChI is InChI=1S/C11H15BrN2O2/c1-11(2,7-12)14-10(15)8-4-5-13-6-9(8)16-3/h4-6H,7H2,1-3H3,(H,14,15). The van der Waals surface area contributed by atoms with E-state index in [4.69, 9.17) is 4.74 Å². The van der Waals surface area contributed by atoms with Crippen molar-refractivity contribution in [1.29, 1.82) is 0 Å². The van der Waals surface area contributed by atoms with Gasteiger partial charge in [-0.05, 0) is 19.9 Å². The van der Waals surface area contributed by atoms with Crippen LogP contribution in [0, 0.1) is 0 Å². The molecule has 0 aliphatic heterocycles. The van der Waals surface area contributed by atoms with Crippen LogP contribution in [0.25, 0.3) is 0 Å². The smallest absolute Gasteiger partial charge is 0.255 e. The fraction of sp³-hybridized carbons (Fsp3) is 0.455. The highest BCUT2D eigenvalue weighted by Crippen LogP contribution is 2.17. The lowest BCUT2D eigenvalue weighted by molar-refractivity contribution is 0.0918. The highest BCUT2D eigenvalue weighted by atomic mass is 79.9. The molecule has 0 saturated carbocycles. The zero-order chi connectivity index (χ0) is 12.2. The van der Waals surface area contributed by atoms with Crippen LogP contribution in [-0.2, 0) is 0 Å². The Morgan fingerprint density at radius 3 is 2.88 bits per heavy atom. The lowest BCUT2D eigenvalue weighted by atomic mass is 10.1. The zero-order valence-corrected chi connectivity index (χ0v) is 11.2. The van der Waals surface area contributed by atoms with E-state index in [1.54, 1.807) is 12.3 Å². The van der Waals surface area contributed by atoms with Crippen molar-refractivity contribution < 1.29 is 9.53 Å². The Morgan fingerprint density at radius 2 is 2.31 bits per heavy atom. The number of rotatable bonds is 4. The number of aromatic nitrogens is 1. The van der Waals surface area contributed by atoms with Gasteiger partial charge in [0, 0.05) is 17.1 Å². The predicted molar refractivity (Wildman–Crippen MR) is 66.1 cm³/mol. The van der Waals surface area contributed by atoms with Gasteiger partial charge in [0.25, 0.3) is 5.91 Å². The summed E-state index contributed by atoms with van der Waals surface area (Å²) in [4.78, 5) is 15.9. The van der Waals surface area contributed by atoms with Gasteiger partial charge < -0.3 is 10.1 Å². The number of methoxy groups -OCH3 is 1. The molecule has 0 unspecified atom stereocenters. The third kappa shape index (κ3) is 3.20. The Bertz CT molecular complexity index is 380. The SMILES string of the molecule is COc1cnccc1C(=O)NC(C)(C)CBr. The van der Waals surface area contributed by atoms with Crippen molar-refractivity contribution >= 4 is 21.8 Å². The van der Waals surface area contributed by atoms with Crippen LogP contribution in [0.1, 0.15) is 24.2 Å². The lowest BCUT2D eigenvalue weighted by Gasteiger charge is -2.23. The van der Waals surface area contributed by atoms with Crippen LogP contribution in [-0.4, -0.2) is 28.9 Å². The van der Waals surface area contributed by atoms with E-state index in [-0.39, 0.29) is 11.4 Å². The average Bonchev–Trinajstić information content (AvgIpc) is 2.28. The maximum absolute atomic E-state index is 12.0. The van der Waals surface area contributed by atoms with E-state index >= 15 is 0 Å². The number of halogens is 1. The molecule has 0 bridgehead atoms. The van der Waals surface area contributed by atoms with E-state index in [2.05, 4.69) is 26.2 Å². The molecule has 0 saturated heterocycles. The molecule has 1 amide bonds. The molecule has 0 atom stereocenters. The van der Waals surface area contributed by atoms with E-state index in [9.17, 15) is 4.79 Å². The first kappa shape index (κ1) is 13.0. The van der Waals surface area contributed by atoms with Gasteiger partial charge in [-0.3, -0.25) is 9.78 Å². The maximum atomic E-state index is 12.0. The summed E-state index contributed by atoms with van der Waals surface area (Å²) in [6.07, 6.45) is 3.09. The molecule has 0 aromatic carbocycles. The van der Waals surface area contributed by atoms with Gasteiger partial charge in [0.05, 0.1) is 18.9 Å². The summed E-state index contributed by atoms with van der Waals surface area (Å²) in [6, 6.07) is 1.64. The van der Waals surface area contributed by atoms with Crippen LogP contribution in [0.5, 0.6) is 5.75 Å². The van der Waals surface area contributed by atoms with Crippen molar-refractivity contribution in [3.63, 3.8) is 0 Å². The van der Waals surface area contributed by atoms with Crippen LogP contribution in [0.4, 0.5) is 0 Å². The van der Waals surface area contributed by atoms with E-state index in [1.165, 1.54) is 13.3 Å². The van der Waals surface area contributed by atoms with Crippen molar-refractivity contribution in [2.45, 2.75) is 19.4 Å². The minimum atomic E-state index is -0.300. The number of nitrogens with one attached hydrogen (secondary N) is 1. The second-order valence-corrected chi connectivity index (χ2v) is 4.61. The molecule has 16 heavy (non-hydrogen) atoms. The molecule has 0 radical (unpaired) electrons. The molecule has 1 aromatic heterocycles. The van der Waals surface area contributed by atoms with Crippen LogP contribution in [0.2, 0.25) is 0 Å². The van der Waals surface area contributed by atoms with Gasteiger partial charge in [-0.15, -0.1) is 0 Å². The summed E-state index contributed by atoms with van der Waals surface area (Å²) in [6.45, 7) is 3.88. The Balaban J connectivity index is 2.88. The Hall–Kier alpha value is -1.10. The fourth-order valence-corrected chi connectivity index (χ4v) is 1.28. The highest BCUT2D eigenvalue weighted by molar-refractivity contribution is 9.09. The minimum Gasteiger partial charge on any atom is -0.494 e. The molecule has 0 fully saturated rings. The fourth-order valence-electron chi connectivity index (χ4n) is 1.14. The number of alkyl halides is 1. The lowest BCUT2D eigenvalue weighted by Crippen LogP contribution is -2.44. The van der Waals surface area contributed by atoms with Crippen molar-refractivity contribution in [3.8, 4) is 5.75 Å². The van der Waals surface area contributed by atoms with Gasteiger partial charge in [0.15, 0.2) is 0 Å². The van der Waals surface area contributed by atoms with Crippen molar-refractivity contribution in [2.75, 3.05) is 12.4 Å². The van der Waals surface area contributed by atoms with Gasteiger partial charge in [-0.25, -0.2) is 0 Å². The minimum absolute atomic E-state index is 0.163. The zero-order valence-electron chi connectivity index (χ0n) is 9.58. The largest absolute Gasteiger partial charge is 0.494 e. The first-order valence-electron chi connectivity index (χ1n) is 4.86. The monoisotopic (exact) mass is 286 g/mol. The summed E-state index contributed by atoms with van der Waals surface area (Å²) in [5.74, 6) is 0.314. The molecule has 88 valence electrons. The van der Waals surface area contributed by atoms with E-state index in [1.807, 2.05) is 13.8 Å². The summed E-state index contributed by atoms with van der Waals surface area (Å²) < 4.78 is 5.08. The number of nitrogens with zero attached hydrogens (tertiary/aromatic N) is 1. The van der Waals surface area contributed by atoms with Crippen LogP contribution in [0.3, 0.4) is 0 Å². The third-order valence-electron chi connectivity index (χ3n) is 2.04. The number of carbonyl (C=O) groups is 1. The molecule has 1 rings (SSSR count). The topological polar surface area (TPSA) is 51.2 Å². The van der Waals surface area contributed by atoms with Crippen LogP contribution in [0.15, 0.2) is 18.5 Å². The highest BCUT2D eigenvalue weighted by Gasteiger charge is 2.21. The summed E-state index contributed by atoms with van der Waals surface area (Å²) in [5.41, 5.74) is 0.192. The van der Waals surface area contributed by atoms with E-state index in [0.717, 1.165) is 0 Å². The molecular formula is C11H15BrN2O2.